The Morgan fingerprint density at radius 1 is 1.35 bits per heavy atom. The van der Waals surface area contributed by atoms with E-state index in [-0.39, 0.29) is 18.1 Å². The van der Waals surface area contributed by atoms with Crippen molar-refractivity contribution in [3.63, 3.8) is 0 Å². The van der Waals surface area contributed by atoms with Crippen LogP contribution >= 0.6 is 0 Å². The predicted octanol–water partition coefficient (Wildman–Crippen LogP) is 0.925. The Hall–Kier alpha value is -1.10. The third-order valence-corrected chi connectivity index (χ3v) is 3.99. The number of rotatable bonds is 3. The first kappa shape index (κ1) is 12.4. The minimum atomic E-state index is -0.826. The summed E-state index contributed by atoms with van der Waals surface area (Å²) >= 11 is 0. The van der Waals surface area contributed by atoms with Gasteiger partial charge in [0.05, 0.1) is 5.41 Å². The molecule has 5 heteroatoms. The number of carbonyl (C=O) groups is 2. The molecular weight excluding hydrogens is 222 g/mol. The van der Waals surface area contributed by atoms with E-state index in [1.165, 1.54) is 0 Å². The molecule has 0 spiro atoms. The zero-order chi connectivity index (χ0) is 12.5. The molecule has 17 heavy (non-hydrogen) atoms. The van der Waals surface area contributed by atoms with Crippen LogP contribution in [0.25, 0.3) is 0 Å². The molecule has 0 aromatic rings. The molecule has 0 bridgehead atoms. The Labute approximate surface area is 101 Å². The van der Waals surface area contributed by atoms with E-state index in [1.54, 1.807) is 6.92 Å². The first-order valence-electron chi connectivity index (χ1n) is 6.19. The summed E-state index contributed by atoms with van der Waals surface area (Å²) in [5.41, 5.74) is -0.825. The Morgan fingerprint density at radius 2 is 2.12 bits per heavy atom. The number of hydrogen-bond acceptors (Lipinski definition) is 3. The minimum Gasteiger partial charge on any atom is -0.481 e. The molecule has 1 aliphatic heterocycles. The maximum atomic E-state index is 11.9. The molecule has 3 atom stereocenters. The van der Waals surface area contributed by atoms with Gasteiger partial charge in [-0.05, 0) is 32.6 Å². The number of hydrogen-bond donors (Lipinski definition) is 2. The fourth-order valence-corrected chi connectivity index (χ4v) is 2.70. The van der Waals surface area contributed by atoms with Gasteiger partial charge in [0.15, 0.2) is 0 Å². The third kappa shape index (κ3) is 2.29. The van der Waals surface area contributed by atoms with Crippen LogP contribution in [0, 0.1) is 5.41 Å². The van der Waals surface area contributed by atoms with Crippen LogP contribution in [0.15, 0.2) is 0 Å². The summed E-state index contributed by atoms with van der Waals surface area (Å²) in [5.74, 6) is -0.977. The molecule has 2 unspecified atom stereocenters. The molecule has 0 aromatic heterocycles. The van der Waals surface area contributed by atoms with E-state index < -0.39 is 11.4 Å². The van der Waals surface area contributed by atoms with Crippen LogP contribution in [0.5, 0.6) is 0 Å². The van der Waals surface area contributed by atoms with Crippen LogP contribution < -0.4 is 5.32 Å². The maximum absolute atomic E-state index is 11.9. The quantitative estimate of drug-likeness (QED) is 0.770. The van der Waals surface area contributed by atoms with Gasteiger partial charge in [-0.1, -0.05) is 6.42 Å². The van der Waals surface area contributed by atoms with E-state index in [0.717, 1.165) is 25.7 Å². The molecule has 1 heterocycles. The van der Waals surface area contributed by atoms with E-state index in [1.807, 2.05) is 0 Å². The fourth-order valence-electron chi connectivity index (χ4n) is 2.70. The second kappa shape index (κ2) is 4.64. The molecule has 2 rings (SSSR count). The molecule has 0 radical (unpaired) electrons. The summed E-state index contributed by atoms with van der Waals surface area (Å²) in [7, 11) is 0. The molecule has 96 valence electrons. The second-order valence-corrected chi connectivity index (χ2v) is 5.18. The standard InChI is InChI=1S/C12H19NO4/c1-12(11(15)16)6-2-5-9(12)13-10(14)8-4-3-7-17-8/h8-9H,2-7H2,1H3,(H,13,14)(H,15,16)/t8-,9?,12?/m0/s1. The lowest BCUT2D eigenvalue weighted by Gasteiger charge is -2.28. The molecule has 2 fully saturated rings. The molecule has 1 amide bonds. The van der Waals surface area contributed by atoms with Gasteiger partial charge in [0.1, 0.15) is 6.10 Å². The Morgan fingerprint density at radius 3 is 2.71 bits per heavy atom. The molecule has 2 N–H and O–H groups in total. The van der Waals surface area contributed by atoms with Crippen molar-refractivity contribution < 1.29 is 19.4 Å². The Bertz CT molecular complexity index is 324. The Kier molecular flexibility index (Phi) is 3.38. The van der Waals surface area contributed by atoms with Crippen LogP contribution in [0.3, 0.4) is 0 Å². The van der Waals surface area contributed by atoms with Crippen molar-refractivity contribution in [2.75, 3.05) is 6.61 Å². The van der Waals surface area contributed by atoms with Gasteiger partial charge >= 0.3 is 5.97 Å². The van der Waals surface area contributed by atoms with Crippen molar-refractivity contribution in [2.45, 2.75) is 51.2 Å². The SMILES string of the molecule is CC1(C(=O)O)CCCC1NC(=O)[C@@H]1CCCO1. The zero-order valence-corrected chi connectivity index (χ0v) is 10.1. The summed E-state index contributed by atoms with van der Waals surface area (Å²) in [4.78, 5) is 23.1. The lowest BCUT2D eigenvalue weighted by Crippen LogP contribution is -2.49. The molecule has 0 aromatic carbocycles. The van der Waals surface area contributed by atoms with Crippen LogP contribution in [0.2, 0.25) is 0 Å². The first-order valence-corrected chi connectivity index (χ1v) is 6.19. The zero-order valence-electron chi connectivity index (χ0n) is 10.1. The highest BCUT2D eigenvalue weighted by atomic mass is 16.5. The molecular formula is C12H19NO4. The number of carboxylic acids is 1. The Balaban J connectivity index is 1.98. The van der Waals surface area contributed by atoms with Gasteiger partial charge in [0.2, 0.25) is 5.91 Å². The van der Waals surface area contributed by atoms with Gasteiger partial charge < -0.3 is 15.2 Å². The summed E-state index contributed by atoms with van der Waals surface area (Å²) in [6, 6.07) is -0.267. The second-order valence-electron chi connectivity index (χ2n) is 5.18. The highest BCUT2D eigenvalue weighted by Gasteiger charge is 2.46. The summed E-state index contributed by atoms with van der Waals surface area (Å²) in [5, 5.41) is 12.1. The van der Waals surface area contributed by atoms with Crippen molar-refractivity contribution >= 4 is 11.9 Å². The molecule has 1 saturated carbocycles. The summed E-state index contributed by atoms with van der Waals surface area (Å²) in [6.07, 6.45) is 3.47. The van der Waals surface area contributed by atoms with Crippen molar-refractivity contribution in [3.8, 4) is 0 Å². The molecule has 2 aliphatic rings. The number of carboxylic acid groups (broad SMARTS) is 1. The summed E-state index contributed by atoms with van der Waals surface area (Å²) < 4.78 is 5.29. The fraction of sp³-hybridized carbons (Fsp3) is 0.833. The van der Waals surface area contributed by atoms with Gasteiger partial charge in [-0.15, -0.1) is 0 Å². The minimum absolute atomic E-state index is 0.151. The van der Waals surface area contributed by atoms with Crippen LogP contribution in [-0.4, -0.2) is 35.7 Å². The van der Waals surface area contributed by atoms with E-state index >= 15 is 0 Å². The van der Waals surface area contributed by atoms with Crippen LogP contribution in [0.1, 0.15) is 39.0 Å². The van der Waals surface area contributed by atoms with Crippen LogP contribution in [-0.2, 0) is 14.3 Å². The molecule has 5 nitrogen and oxygen atoms in total. The number of aliphatic carboxylic acids is 1. The normalized spacial score (nSPS) is 37.0. The highest BCUT2D eigenvalue weighted by Crippen LogP contribution is 2.38. The largest absolute Gasteiger partial charge is 0.481 e. The molecule has 1 saturated heterocycles. The van der Waals surface area contributed by atoms with E-state index in [9.17, 15) is 14.7 Å². The average molecular weight is 241 g/mol. The van der Waals surface area contributed by atoms with Gasteiger partial charge in [-0.3, -0.25) is 9.59 Å². The number of ether oxygens (including phenoxy) is 1. The summed E-state index contributed by atoms with van der Waals surface area (Å²) in [6.45, 7) is 2.34. The van der Waals surface area contributed by atoms with Crippen molar-refractivity contribution in [2.24, 2.45) is 5.41 Å². The van der Waals surface area contributed by atoms with Gasteiger partial charge in [0.25, 0.3) is 0 Å². The van der Waals surface area contributed by atoms with Crippen LogP contribution in [0.4, 0.5) is 0 Å². The average Bonchev–Trinajstić information content (AvgIpc) is 2.89. The number of amides is 1. The monoisotopic (exact) mass is 241 g/mol. The van der Waals surface area contributed by atoms with Gasteiger partial charge in [-0.25, -0.2) is 0 Å². The van der Waals surface area contributed by atoms with Gasteiger partial charge in [0, 0.05) is 12.6 Å². The van der Waals surface area contributed by atoms with Crippen molar-refractivity contribution in [1.82, 2.24) is 5.32 Å². The topological polar surface area (TPSA) is 75.6 Å². The lowest BCUT2D eigenvalue weighted by molar-refractivity contribution is -0.149. The first-order chi connectivity index (χ1) is 8.04. The van der Waals surface area contributed by atoms with Gasteiger partial charge in [-0.2, -0.15) is 0 Å². The smallest absolute Gasteiger partial charge is 0.311 e. The number of nitrogens with one attached hydrogen (secondary N) is 1. The lowest BCUT2D eigenvalue weighted by atomic mass is 9.85. The van der Waals surface area contributed by atoms with E-state index in [0.29, 0.717) is 13.0 Å². The number of carbonyl (C=O) groups excluding carboxylic acids is 1. The van der Waals surface area contributed by atoms with E-state index in [4.69, 9.17) is 4.74 Å². The van der Waals surface area contributed by atoms with Crippen molar-refractivity contribution in [1.29, 1.82) is 0 Å². The van der Waals surface area contributed by atoms with E-state index in [2.05, 4.69) is 5.32 Å². The van der Waals surface area contributed by atoms with Crippen molar-refractivity contribution in [3.05, 3.63) is 0 Å². The highest BCUT2D eigenvalue weighted by molar-refractivity contribution is 5.83. The third-order valence-electron chi connectivity index (χ3n) is 3.99. The molecule has 1 aliphatic carbocycles. The maximum Gasteiger partial charge on any atom is 0.311 e. The predicted molar refractivity (Wildman–Crippen MR) is 60.5 cm³/mol.